The van der Waals surface area contributed by atoms with E-state index in [1.165, 1.54) is 7.11 Å². The number of methoxy groups -OCH3 is 1. The molecule has 0 heterocycles. The number of ether oxygens (including phenoxy) is 1. The van der Waals surface area contributed by atoms with Gasteiger partial charge < -0.3 is 9.84 Å². The highest BCUT2D eigenvalue weighted by Gasteiger charge is 2.36. The van der Waals surface area contributed by atoms with Crippen LogP contribution in [0.4, 0.5) is 0 Å². The van der Waals surface area contributed by atoms with E-state index in [4.69, 9.17) is 14.0 Å². The Bertz CT molecular complexity index is 349. The van der Waals surface area contributed by atoms with E-state index in [-0.39, 0.29) is 0 Å². The molecule has 0 saturated heterocycles. The Balaban J connectivity index is 2.62. The molecule has 0 aliphatic heterocycles. The maximum atomic E-state index is 10.9. The summed E-state index contributed by atoms with van der Waals surface area (Å²) in [4.78, 5) is 10.9. The first-order valence-corrected chi connectivity index (χ1v) is 6.79. The fourth-order valence-electron chi connectivity index (χ4n) is 1.97. The first-order chi connectivity index (χ1) is 7.33. The minimum atomic E-state index is -3.50. The molecular formula is C9H16O6S. The second-order valence-corrected chi connectivity index (χ2v) is 5.55. The van der Waals surface area contributed by atoms with Gasteiger partial charge in [-0.15, -0.1) is 0 Å². The van der Waals surface area contributed by atoms with Gasteiger partial charge in [0.05, 0.1) is 24.4 Å². The van der Waals surface area contributed by atoms with Gasteiger partial charge in [-0.2, -0.15) is 8.42 Å². The maximum absolute atomic E-state index is 10.9. The summed E-state index contributed by atoms with van der Waals surface area (Å²) in [6.07, 6.45) is 1.10. The summed E-state index contributed by atoms with van der Waals surface area (Å²) in [7, 11) is -2.08. The van der Waals surface area contributed by atoms with Crippen molar-refractivity contribution in [2.24, 2.45) is 5.92 Å². The third-order valence-corrected chi connectivity index (χ3v) is 3.30. The number of carboxylic acid groups (broad SMARTS) is 1. The van der Waals surface area contributed by atoms with Gasteiger partial charge in [0.15, 0.2) is 0 Å². The van der Waals surface area contributed by atoms with Crippen LogP contribution >= 0.6 is 0 Å². The van der Waals surface area contributed by atoms with E-state index in [9.17, 15) is 13.2 Å². The van der Waals surface area contributed by atoms with Crippen molar-refractivity contribution in [1.29, 1.82) is 0 Å². The molecule has 1 rings (SSSR count). The van der Waals surface area contributed by atoms with Gasteiger partial charge in [-0.1, -0.05) is 0 Å². The molecule has 0 radical (unpaired) electrons. The molecule has 6 nitrogen and oxygen atoms in total. The van der Waals surface area contributed by atoms with Crippen molar-refractivity contribution in [3.05, 3.63) is 0 Å². The number of carbonyl (C=O) groups is 1. The Morgan fingerprint density at radius 1 is 1.38 bits per heavy atom. The average molecular weight is 252 g/mol. The highest BCUT2D eigenvalue weighted by Crippen LogP contribution is 2.29. The Morgan fingerprint density at radius 3 is 2.44 bits per heavy atom. The van der Waals surface area contributed by atoms with Crippen LogP contribution in [0, 0.1) is 5.92 Å². The fourth-order valence-corrected chi connectivity index (χ4v) is 2.64. The third kappa shape index (κ3) is 3.73. The maximum Gasteiger partial charge on any atom is 0.309 e. The molecular weight excluding hydrogens is 236 g/mol. The normalized spacial score (nSPS) is 31.2. The number of hydrogen-bond donors (Lipinski definition) is 1. The highest BCUT2D eigenvalue weighted by molar-refractivity contribution is 7.86. The van der Waals surface area contributed by atoms with E-state index in [1.807, 2.05) is 0 Å². The van der Waals surface area contributed by atoms with Gasteiger partial charge in [-0.3, -0.25) is 8.98 Å². The van der Waals surface area contributed by atoms with Gasteiger partial charge in [0.25, 0.3) is 10.1 Å². The van der Waals surface area contributed by atoms with Crippen molar-refractivity contribution in [3.8, 4) is 0 Å². The van der Waals surface area contributed by atoms with Gasteiger partial charge in [-0.05, 0) is 12.8 Å². The zero-order chi connectivity index (χ0) is 12.3. The summed E-state index contributed by atoms with van der Waals surface area (Å²) in [5.41, 5.74) is 0. The van der Waals surface area contributed by atoms with Crippen LogP contribution in [0.5, 0.6) is 0 Å². The van der Waals surface area contributed by atoms with Crippen molar-refractivity contribution in [1.82, 2.24) is 0 Å². The number of rotatable bonds is 4. The lowest BCUT2D eigenvalue weighted by Crippen LogP contribution is -2.39. The van der Waals surface area contributed by atoms with Crippen LogP contribution in [0.3, 0.4) is 0 Å². The minimum absolute atomic E-state index is 0.292. The smallest absolute Gasteiger partial charge is 0.309 e. The Morgan fingerprint density at radius 2 is 2.00 bits per heavy atom. The van der Waals surface area contributed by atoms with Gasteiger partial charge in [-0.25, -0.2) is 0 Å². The van der Waals surface area contributed by atoms with Gasteiger partial charge in [0, 0.05) is 13.5 Å². The lowest BCUT2D eigenvalue weighted by molar-refractivity contribution is -0.150. The van der Waals surface area contributed by atoms with Crippen molar-refractivity contribution < 1.29 is 27.2 Å². The van der Waals surface area contributed by atoms with Crippen molar-refractivity contribution in [3.63, 3.8) is 0 Å². The highest BCUT2D eigenvalue weighted by atomic mass is 32.2. The molecule has 1 N–H and O–H groups in total. The number of carboxylic acids is 1. The van der Waals surface area contributed by atoms with Crippen LogP contribution in [0.1, 0.15) is 19.3 Å². The standard InChI is InChI=1S/C9H16O6S/c1-14-8-5-6(15-16(2,12)13)3-4-7(8)9(10)11/h6-8H,3-5H2,1-2H3,(H,10,11)/t6-,7+,8-/m1/s1. The lowest BCUT2D eigenvalue weighted by atomic mass is 9.85. The Labute approximate surface area is 94.7 Å². The summed E-state index contributed by atoms with van der Waals surface area (Å²) >= 11 is 0. The topological polar surface area (TPSA) is 89.9 Å². The quantitative estimate of drug-likeness (QED) is 0.720. The van der Waals surface area contributed by atoms with E-state index in [2.05, 4.69) is 0 Å². The number of hydrogen-bond acceptors (Lipinski definition) is 5. The van der Waals surface area contributed by atoms with Crippen molar-refractivity contribution >= 4 is 16.1 Å². The van der Waals surface area contributed by atoms with E-state index < -0.39 is 34.2 Å². The molecule has 16 heavy (non-hydrogen) atoms. The fraction of sp³-hybridized carbons (Fsp3) is 0.889. The molecule has 7 heteroatoms. The van der Waals surface area contributed by atoms with Gasteiger partial charge in [0.2, 0.25) is 0 Å². The SMILES string of the molecule is CO[C@@H]1C[C@H](OS(C)(=O)=O)CC[C@@H]1C(=O)O. The molecule has 1 aliphatic rings. The van der Waals surface area contributed by atoms with Crippen LogP contribution in [0.25, 0.3) is 0 Å². The Hall–Kier alpha value is -0.660. The third-order valence-electron chi connectivity index (χ3n) is 2.67. The molecule has 0 aromatic heterocycles. The Kier molecular flexibility index (Phi) is 4.28. The molecule has 0 unspecified atom stereocenters. The van der Waals surface area contributed by atoms with E-state index >= 15 is 0 Å². The van der Waals surface area contributed by atoms with Crippen LogP contribution in [-0.4, -0.2) is 45.1 Å². The molecule has 3 atom stereocenters. The van der Waals surface area contributed by atoms with Gasteiger partial charge >= 0.3 is 5.97 Å². The monoisotopic (exact) mass is 252 g/mol. The van der Waals surface area contributed by atoms with Gasteiger partial charge in [0.1, 0.15) is 0 Å². The summed E-state index contributed by atoms with van der Waals surface area (Å²) in [5.74, 6) is -1.49. The largest absolute Gasteiger partial charge is 0.481 e. The second-order valence-electron chi connectivity index (χ2n) is 3.95. The molecule has 1 fully saturated rings. The first-order valence-electron chi connectivity index (χ1n) is 4.97. The van der Waals surface area contributed by atoms with E-state index in [1.54, 1.807) is 0 Å². The molecule has 1 saturated carbocycles. The molecule has 94 valence electrons. The van der Waals surface area contributed by atoms with Crippen molar-refractivity contribution in [2.45, 2.75) is 31.5 Å². The molecule has 0 aromatic carbocycles. The number of aliphatic carboxylic acids is 1. The predicted molar refractivity (Wildman–Crippen MR) is 55.5 cm³/mol. The molecule has 0 spiro atoms. The molecule has 1 aliphatic carbocycles. The summed E-state index contributed by atoms with van der Waals surface area (Å²) in [5, 5.41) is 8.92. The van der Waals surface area contributed by atoms with Crippen LogP contribution in [0.15, 0.2) is 0 Å². The minimum Gasteiger partial charge on any atom is -0.481 e. The molecule has 0 bridgehead atoms. The summed E-state index contributed by atoms with van der Waals surface area (Å²) in [6.45, 7) is 0. The lowest BCUT2D eigenvalue weighted by Gasteiger charge is -2.32. The van der Waals surface area contributed by atoms with Crippen molar-refractivity contribution in [2.75, 3.05) is 13.4 Å². The van der Waals surface area contributed by atoms with Crippen LogP contribution in [-0.2, 0) is 23.8 Å². The average Bonchev–Trinajstić information content (AvgIpc) is 2.14. The zero-order valence-corrected chi connectivity index (χ0v) is 10.1. The van der Waals surface area contributed by atoms with E-state index in [0.29, 0.717) is 19.3 Å². The second kappa shape index (κ2) is 5.11. The van der Waals surface area contributed by atoms with Crippen LogP contribution in [0.2, 0.25) is 0 Å². The summed E-state index contributed by atoms with van der Waals surface area (Å²) < 4.78 is 31.8. The van der Waals surface area contributed by atoms with E-state index in [0.717, 1.165) is 6.26 Å². The zero-order valence-electron chi connectivity index (χ0n) is 9.25. The molecule has 0 aromatic rings. The summed E-state index contributed by atoms with van der Waals surface area (Å²) in [6, 6.07) is 0. The molecule has 0 amide bonds. The van der Waals surface area contributed by atoms with Crippen LogP contribution < -0.4 is 0 Å². The first kappa shape index (κ1) is 13.4. The predicted octanol–water partition coefficient (Wildman–Crippen LogP) is 0.231.